The van der Waals surface area contributed by atoms with E-state index >= 15 is 0 Å². The summed E-state index contributed by atoms with van der Waals surface area (Å²) < 4.78 is 42.2. The number of nitro benzene ring substituents is 1. The normalized spacial score (nSPS) is 17.3. The lowest BCUT2D eigenvalue weighted by Gasteiger charge is -2.18. The van der Waals surface area contributed by atoms with Crippen molar-refractivity contribution in [2.45, 2.75) is 18.6 Å². The van der Waals surface area contributed by atoms with Gasteiger partial charge in [-0.1, -0.05) is 18.2 Å². The van der Waals surface area contributed by atoms with Crippen LogP contribution >= 0.6 is 0 Å². The fraction of sp³-hybridized carbons (Fsp3) is 0.214. The fourth-order valence-electron chi connectivity index (χ4n) is 1.86. The van der Waals surface area contributed by atoms with Crippen molar-refractivity contribution in [2.75, 3.05) is 0 Å². The van der Waals surface area contributed by atoms with Gasteiger partial charge in [0, 0.05) is 12.1 Å². The molecular formula is C14H11F3N2O4. The van der Waals surface area contributed by atoms with Crippen molar-refractivity contribution >= 4 is 11.8 Å². The van der Waals surface area contributed by atoms with Gasteiger partial charge >= 0.3 is 12.3 Å². The van der Waals surface area contributed by atoms with E-state index in [1.54, 1.807) is 0 Å². The van der Waals surface area contributed by atoms with Crippen LogP contribution in [0.2, 0.25) is 0 Å². The Kier molecular flexibility index (Phi) is 4.68. The zero-order chi connectivity index (χ0) is 17.0. The number of nitro groups is 1. The number of halogens is 3. The first-order valence-electron chi connectivity index (χ1n) is 6.44. The quantitative estimate of drug-likeness (QED) is 0.680. The first-order valence-corrected chi connectivity index (χ1v) is 6.44. The van der Waals surface area contributed by atoms with E-state index in [4.69, 9.17) is 4.74 Å². The lowest BCUT2D eigenvalue weighted by molar-refractivity contribution is -0.384. The average Bonchev–Trinajstić information content (AvgIpc) is 2.47. The van der Waals surface area contributed by atoms with Gasteiger partial charge in [0.25, 0.3) is 5.69 Å². The summed E-state index contributed by atoms with van der Waals surface area (Å²) >= 11 is 0. The minimum Gasteiger partial charge on any atom is -0.410 e. The zero-order valence-electron chi connectivity index (χ0n) is 11.5. The lowest BCUT2D eigenvalue weighted by atomic mass is 10.0. The van der Waals surface area contributed by atoms with Gasteiger partial charge in [0.1, 0.15) is 5.75 Å². The molecule has 122 valence electrons. The molecule has 1 aromatic carbocycles. The molecule has 0 spiro atoms. The summed E-state index contributed by atoms with van der Waals surface area (Å²) in [5.41, 5.74) is -0.919. The predicted octanol–water partition coefficient (Wildman–Crippen LogP) is 3.50. The van der Waals surface area contributed by atoms with Crippen LogP contribution in [0.5, 0.6) is 5.75 Å². The number of carbonyl (C=O) groups is 1. The minimum absolute atomic E-state index is 0.0132. The number of allylic oxidation sites excluding steroid dienone is 2. The SMILES string of the molecule is O=C(NC1C=CC(C(F)(F)F)=CC1)Oc1ccc([N+](=O)[O-])cc1. The maximum Gasteiger partial charge on any atom is 0.416 e. The highest BCUT2D eigenvalue weighted by molar-refractivity contribution is 5.71. The first-order chi connectivity index (χ1) is 10.8. The minimum atomic E-state index is -4.42. The number of ether oxygens (including phenoxy) is 1. The van der Waals surface area contributed by atoms with Crippen LogP contribution in [-0.2, 0) is 0 Å². The molecule has 0 radical (unpaired) electrons. The summed E-state index contributed by atoms with van der Waals surface area (Å²) in [6.07, 6.45) is -2.20. The largest absolute Gasteiger partial charge is 0.416 e. The number of rotatable bonds is 3. The van der Waals surface area contributed by atoms with Crippen molar-refractivity contribution in [3.05, 3.63) is 58.2 Å². The van der Waals surface area contributed by atoms with Crippen LogP contribution in [0.4, 0.5) is 23.7 Å². The number of hydrogen-bond acceptors (Lipinski definition) is 4. The maximum atomic E-state index is 12.4. The van der Waals surface area contributed by atoms with Gasteiger partial charge in [-0.2, -0.15) is 13.2 Å². The first kappa shape index (κ1) is 16.5. The molecule has 0 aliphatic heterocycles. The summed E-state index contributed by atoms with van der Waals surface area (Å²) in [5, 5.41) is 12.9. The van der Waals surface area contributed by atoms with E-state index in [-0.39, 0.29) is 17.9 Å². The molecule has 1 aliphatic rings. The molecule has 0 fully saturated rings. The number of carbonyl (C=O) groups excluding carboxylic acids is 1. The van der Waals surface area contributed by atoms with Crippen LogP contribution in [0.25, 0.3) is 0 Å². The van der Waals surface area contributed by atoms with Crippen molar-refractivity contribution in [2.24, 2.45) is 0 Å². The van der Waals surface area contributed by atoms with Crippen molar-refractivity contribution in [3.63, 3.8) is 0 Å². The van der Waals surface area contributed by atoms with Gasteiger partial charge in [-0.05, 0) is 18.6 Å². The summed E-state index contributed by atoms with van der Waals surface area (Å²) in [5.74, 6) is 0.0828. The Hall–Kier alpha value is -2.84. The van der Waals surface area contributed by atoms with Gasteiger partial charge < -0.3 is 10.1 Å². The van der Waals surface area contributed by atoms with Gasteiger partial charge in [0.2, 0.25) is 0 Å². The molecule has 2 rings (SSSR count). The predicted molar refractivity (Wildman–Crippen MR) is 73.9 cm³/mol. The fourth-order valence-corrected chi connectivity index (χ4v) is 1.86. The standard InChI is InChI=1S/C14H11F3N2O4/c15-14(16,17)9-1-3-10(4-2-9)18-13(20)23-12-7-5-11(6-8-12)19(21)22/h1-3,5-8,10H,4H2,(H,18,20). The van der Waals surface area contributed by atoms with Crippen LogP contribution in [0.3, 0.4) is 0 Å². The van der Waals surface area contributed by atoms with E-state index in [2.05, 4.69) is 5.32 Å². The Morgan fingerprint density at radius 2 is 1.96 bits per heavy atom. The monoisotopic (exact) mass is 328 g/mol. The second kappa shape index (κ2) is 6.51. The van der Waals surface area contributed by atoms with E-state index in [1.165, 1.54) is 30.3 Å². The Balaban J connectivity index is 1.88. The van der Waals surface area contributed by atoms with E-state index in [0.717, 1.165) is 12.2 Å². The summed E-state index contributed by atoms with van der Waals surface area (Å²) in [7, 11) is 0. The van der Waals surface area contributed by atoms with Crippen LogP contribution in [0.15, 0.2) is 48.1 Å². The number of nitrogens with zero attached hydrogens (tertiary/aromatic N) is 1. The highest BCUT2D eigenvalue weighted by Crippen LogP contribution is 2.29. The van der Waals surface area contributed by atoms with Crippen molar-refractivity contribution < 1.29 is 27.6 Å². The van der Waals surface area contributed by atoms with E-state index in [9.17, 15) is 28.1 Å². The zero-order valence-corrected chi connectivity index (χ0v) is 11.5. The lowest BCUT2D eigenvalue weighted by Crippen LogP contribution is -2.36. The number of alkyl halides is 3. The molecule has 0 saturated heterocycles. The topological polar surface area (TPSA) is 81.5 Å². The maximum absolute atomic E-state index is 12.4. The Labute approximate surface area is 128 Å². The highest BCUT2D eigenvalue weighted by Gasteiger charge is 2.33. The van der Waals surface area contributed by atoms with Gasteiger partial charge in [-0.3, -0.25) is 10.1 Å². The van der Waals surface area contributed by atoms with Gasteiger partial charge in [-0.25, -0.2) is 4.79 Å². The molecule has 6 nitrogen and oxygen atoms in total. The molecule has 1 aliphatic carbocycles. The van der Waals surface area contributed by atoms with Crippen LogP contribution in [0, 0.1) is 10.1 Å². The molecule has 1 amide bonds. The van der Waals surface area contributed by atoms with E-state index in [1.807, 2.05) is 0 Å². The second-order valence-corrected chi connectivity index (χ2v) is 4.64. The van der Waals surface area contributed by atoms with E-state index < -0.39 is 28.8 Å². The molecular weight excluding hydrogens is 317 g/mol. The highest BCUT2D eigenvalue weighted by atomic mass is 19.4. The number of hydrogen-bond donors (Lipinski definition) is 1. The Morgan fingerprint density at radius 1 is 1.30 bits per heavy atom. The molecule has 1 atom stereocenters. The van der Waals surface area contributed by atoms with Crippen LogP contribution < -0.4 is 10.1 Å². The molecule has 1 aromatic rings. The molecule has 0 aromatic heterocycles. The number of non-ortho nitro benzene ring substituents is 1. The second-order valence-electron chi connectivity index (χ2n) is 4.64. The molecule has 1 N–H and O–H groups in total. The van der Waals surface area contributed by atoms with Crippen LogP contribution in [0.1, 0.15) is 6.42 Å². The third kappa shape index (κ3) is 4.56. The Morgan fingerprint density at radius 3 is 2.43 bits per heavy atom. The smallest absolute Gasteiger partial charge is 0.410 e. The molecule has 9 heteroatoms. The Bertz CT molecular complexity index is 666. The summed E-state index contributed by atoms with van der Waals surface area (Å²) in [6.45, 7) is 0. The molecule has 0 bridgehead atoms. The number of amides is 1. The average molecular weight is 328 g/mol. The molecule has 0 heterocycles. The van der Waals surface area contributed by atoms with Crippen molar-refractivity contribution in [1.29, 1.82) is 0 Å². The molecule has 1 unspecified atom stereocenters. The van der Waals surface area contributed by atoms with Gasteiger partial charge in [0.05, 0.1) is 16.5 Å². The third-order valence-corrected chi connectivity index (χ3v) is 2.99. The van der Waals surface area contributed by atoms with E-state index in [0.29, 0.717) is 0 Å². The summed E-state index contributed by atoms with van der Waals surface area (Å²) in [4.78, 5) is 21.5. The summed E-state index contributed by atoms with van der Waals surface area (Å²) in [6, 6.07) is 4.21. The van der Waals surface area contributed by atoms with Crippen LogP contribution in [-0.4, -0.2) is 23.2 Å². The van der Waals surface area contributed by atoms with Crippen molar-refractivity contribution in [1.82, 2.24) is 5.32 Å². The number of benzene rings is 1. The van der Waals surface area contributed by atoms with Gasteiger partial charge in [-0.15, -0.1) is 0 Å². The molecule has 23 heavy (non-hydrogen) atoms. The van der Waals surface area contributed by atoms with Gasteiger partial charge in [0.15, 0.2) is 0 Å². The number of nitrogens with one attached hydrogen (secondary N) is 1. The molecule has 0 saturated carbocycles. The van der Waals surface area contributed by atoms with Crippen molar-refractivity contribution in [3.8, 4) is 5.75 Å². The third-order valence-electron chi connectivity index (χ3n) is 2.99.